The van der Waals surface area contributed by atoms with Crippen molar-refractivity contribution >= 4 is 17.6 Å². The van der Waals surface area contributed by atoms with Gasteiger partial charge >= 0.3 is 5.97 Å². The highest BCUT2D eigenvalue weighted by Crippen LogP contribution is 2.14. The van der Waals surface area contributed by atoms with Crippen LogP contribution in [0.4, 0.5) is 5.69 Å². The van der Waals surface area contributed by atoms with Crippen LogP contribution in [0.5, 0.6) is 0 Å². The van der Waals surface area contributed by atoms with E-state index in [1.165, 1.54) is 4.90 Å². The molecule has 0 aliphatic heterocycles. The molecule has 0 aromatic carbocycles. The summed E-state index contributed by atoms with van der Waals surface area (Å²) in [5.74, 6) is -1.71. The summed E-state index contributed by atoms with van der Waals surface area (Å²) in [5, 5.41) is 8.60. The summed E-state index contributed by atoms with van der Waals surface area (Å²) < 4.78 is 0. The molecule has 0 spiro atoms. The number of aromatic nitrogens is 1. The van der Waals surface area contributed by atoms with Crippen LogP contribution >= 0.6 is 0 Å². The number of carbonyl (C=O) groups excluding carboxylic acids is 1. The van der Waals surface area contributed by atoms with E-state index < -0.39 is 11.9 Å². The van der Waals surface area contributed by atoms with Gasteiger partial charge in [-0.05, 0) is 12.1 Å². The molecule has 0 bridgehead atoms. The van der Waals surface area contributed by atoms with Crippen LogP contribution in [0.15, 0.2) is 24.5 Å². The second-order valence-corrected chi connectivity index (χ2v) is 3.60. The third kappa shape index (κ3) is 3.05. The lowest BCUT2D eigenvalue weighted by Gasteiger charge is -2.20. The Morgan fingerprint density at radius 3 is 2.50 bits per heavy atom. The average molecular weight is 222 g/mol. The topological polar surface area (TPSA) is 70.5 Å². The molecule has 1 atom stereocenters. The van der Waals surface area contributed by atoms with Crippen LogP contribution in [-0.4, -0.2) is 29.0 Å². The first kappa shape index (κ1) is 12.2. The summed E-state index contributed by atoms with van der Waals surface area (Å²) in [4.78, 5) is 27.6. The number of carbonyl (C=O) groups is 2. The number of carboxylic acids is 1. The molecule has 0 radical (unpaired) electrons. The Morgan fingerprint density at radius 1 is 1.44 bits per heavy atom. The van der Waals surface area contributed by atoms with E-state index in [0.29, 0.717) is 5.69 Å². The minimum Gasteiger partial charge on any atom is -0.481 e. The van der Waals surface area contributed by atoms with Gasteiger partial charge in [0.05, 0.1) is 6.42 Å². The molecule has 0 saturated carbocycles. The molecule has 0 aliphatic carbocycles. The zero-order chi connectivity index (χ0) is 12.1. The summed E-state index contributed by atoms with van der Waals surface area (Å²) >= 11 is 0. The Morgan fingerprint density at radius 2 is 2.00 bits per heavy atom. The van der Waals surface area contributed by atoms with Crippen LogP contribution in [0, 0.1) is 5.92 Å². The van der Waals surface area contributed by atoms with Gasteiger partial charge in [0.1, 0.15) is 0 Å². The monoisotopic (exact) mass is 222 g/mol. The molecule has 16 heavy (non-hydrogen) atoms. The highest BCUT2D eigenvalue weighted by Gasteiger charge is 2.20. The highest BCUT2D eigenvalue weighted by molar-refractivity contribution is 5.95. The maximum Gasteiger partial charge on any atom is 0.304 e. The van der Waals surface area contributed by atoms with Crippen molar-refractivity contribution in [1.82, 2.24) is 4.98 Å². The third-order valence-electron chi connectivity index (χ3n) is 2.28. The van der Waals surface area contributed by atoms with Gasteiger partial charge in [-0.3, -0.25) is 14.6 Å². The lowest BCUT2D eigenvalue weighted by molar-refractivity contribution is -0.140. The van der Waals surface area contributed by atoms with Crippen LogP contribution in [0.2, 0.25) is 0 Å². The van der Waals surface area contributed by atoms with Crippen LogP contribution in [-0.2, 0) is 9.59 Å². The van der Waals surface area contributed by atoms with Crippen molar-refractivity contribution in [2.75, 3.05) is 11.9 Å². The zero-order valence-electron chi connectivity index (χ0n) is 9.25. The number of hydrogen-bond acceptors (Lipinski definition) is 3. The van der Waals surface area contributed by atoms with Gasteiger partial charge in [0, 0.05) is 31.0 Å². The predicted octanol–water partition coefficient (Wildman–Crippen LogP) is 1.16. The van der Waals surface area contributed by atoms with E-state index in [0.717, 1.165) is 0 Å². The van der Waals surface area contributed by atoms with Gasteiger partial charge < -0.3 is 10.0 Å². The summed E-state index contributed by atoms with van der Waals surface area (Å²) in [6, 6.07) is 3.40. The van der Waals surface area contributed by atoms with Gasteiger partial charge in [-0.15, -0.1) is 0 Å². The molecule has 5 heteroatoms. The Hall–Kier alpha value is -1.91. The summed E-state index contributed by atoms with van der Waals surface area (Å²) in [6.45, 7) is 1.61. The van der Waals surface area contributed by atoms with Gasteiger partial charge in [0.15, 0.2) is 0 Å². The van der Waals surface area contributed by atoms with Gasteiger partial charge in [-0.1, -0.05) is 6.92 Å². The fourth-order valence-electron chi connectivity index (χ4n) is 1.37. The Labute approximate surface area is 93.7 Å². The minimum absolute atomic E-state index is 0.158. The third-order valence-corrected chi connectivity index (χ3v) is 2.28. The van der Waals surface area contributed by atoms with Crippen molar-refractivity contribution in [1.29, 1.82) is 0 Å². The number of nitrogens with zero attached hydrogens (tertiary/aromatic N) is 2. The minimum atomic E-state index is -0.969. The first-order valence-electron chi connectivity index (χ1n) is 4.91. The maximum atomic E-state index is 11.8. The zero-order valence-corrected chi connectivity index (χ0v) is 9.25. The van der Waals surface area contributed by atoms with E-state index >= 15 is 0 Å². The van der Waals surface area contributed by atoms with Crippen LogP contribution in [0.1, 0.15) is 13.3 Å². The average Bonchev–Trinajstić information content (AvgIpc) is 2.27. The molecule has 86 valence electrons. The number of carboxylic acid groups (broad SMARTS) is 1. The fraction of sp³-hybridized carbons (Fsp3) is 0.364. The Bertz CT molecular complexity index is 378. The van der Waals surface area contributed by atoms with Gasteiger partial charge in [0.2, 0.25) is 5.91 Å². The predicted molar refractivity (Wildman–Crippen MR) is 59.1 cm³/mol. The van der Waals surface area contributed by atoms with Crippen molar-refractivity contribution in [2.45, 2.75) is 13.3 Å². The first-order chi connectivity index (χ1) is 7.52. The van der Waals surface area contributed by atoms with Crippen molar-refractivity contribution in [3.05, 3.63) is 24.5 Å². The number of amides is 1. The van der Waals surface area contributed by atoms with Crippen molar-refractivity contribution in [2.24, 2.45) is 5.92 Å². The molecule has 5 nitrogen and oxygen atoms in total. The molecule has 1 aromatic heterocycles. The molecule has 0 fully saturated rings. The normalized spacial score (nSPS) is 11.9. The van der Waals surface area contributed by atoms with Crippen LogP contribution in [0.25, 0.3) is 0 Å². The Kier molecular flexibility index (Phi) is 3.99. The number of aliphatic carboxylic acids is 1. The molecule has 0 aliphatic rings. The first-order valence-corrected chi connectivity index (χ1v) is 4.91. The fourth-order valence-corrected chi connectivity index (χ4v) is 1.37. The number of hydrogen-bond donors (Lipinski definition) is 1. The molecule has 1 heterocycles. The largest absolute Gasteiger partial charge is 0.481 e. The second kappa shape index (κ2) is 5.25. The molecule has 1 N–H and O–H groups in total. The van der Waals surface area contributed by atoms with E-state index in [1.54, 1.807) is 38.5 Å². The van der Waals surface area contributed by atoms with Crippen LogP contribution in [0.3, 0.4) is 0 Å². The lowest BCUT2D eigenvalue weighted by Crippen LogP contribution is -2.32. The van der Waals surface area contributed by atoms with Crippen molar-refractivity contribution in [3.63, 3.8) is 0 Å². The molecule has 1 unspecified atom stereocenters. The maximum absolute atomic E-state index is 11.8. The Balaban J connectivity index is 2.71. The van der Waals surface area contributed by atoms with Gasteiger partial charge in [0.25, 0.3) is 0 Å². The molecule has 0 saturated heterocycles. The SMILES string of the molecule is CC(CC(=O)O)C(=O)N(C)c1ccncc1. The van der Waals surface area contributed by atoms with E-state index in [2.05, 4.69) is 4.98 Å². The van der Waals surface area contributed by atoms with Gasteiger partial charge in [-0.25, -0.2) is 0 Å². The standard InChI is InChI=1S/C11H14N2O3/c1-8(7-10(14)15)11(16)13(2)9-3-5-12-6-4-9/h3-6,8H,7H2,1-2H3,(H,14,15). The van der Waals surface area contributed by atoms with Gasteiger partial charge in [-0.2, -0.15) is 0 Å². The van der Waals surface area contributed by atoms with E-state index in [-0.39, 0.29) is 12.3 Å². The number of rotatable bonds is 4. The van der Waals surface area contributed by atoms with Crippen molar-refractivity contribution < 1.29 is 14.7 Å². The molecular weight excluding hydrogens is 208 g/mol. The lowest BCUT2D eigenvalue weighted by atomic mass is 10.1. The van der Waals surface area contributed by atoms with E-state index in [1.807, 2.05) is 0 Å². The van der Waals surface area contributed by atoms with Crippen molar-refractivity contribution in [3.8, 4) is 0 Å². The van der Waals surface area contributed by atoms with E-state index in [9.17, 15) is 9.59 Å². The summed E-state index contributed by atoms with van der Waals surface area (Å²) in [5.41, 5.74) is 0.706. The second-order valence-electron chi connectivity index (χ2n) is 3.60. The molecular formula is C11H14N2O3. The van der Waals surface area contributed by atoms with Crippen LogP contribution < -0.4 is 4.90 Å². The molecule has 1 rings (SSSR count). The summed E-state index contributed by atoms with van der Waals surface area (Å²) in [6.07, 6.45) is 3.01. The number of anilines is 1. The van der Waals surface area contributed by atoms with E-state index in [4.69, 9.17) is 5.11 Å². The molecule has 1 amide bonds. The summed E-state index contributed by atoms with van der Waals surface area (Å²) in [7, 11) is 1.62. The smallest absolute Gasteiger partial charge is 0.304 e. The molecule has 1 aromatic rings. The quantitative estimate of drug-likeness (QED) is 0.829. The number of pyridine rings is 1. The highest BCUT2D eigenvalue weighted by atomic mass is 16.4.